The monoisotopic (exact) mass is 273 g/mol. The van der Waals surface area contributed by atoms with E-state index in [0.717, 1.165) is 25.6 Å². The minimum absolute atomic E-state index is 0.397. The number of aromatic nitrogens is 2. The third kappa shape index (κ3) is 3.23. The zero-order valence-electron chi connectivity index (χ0n) is 11.7. The van der Waals surface area contributed by atoms with E-state index < -0.39 is 0 Å². The molecule has 1 aromatic carbocycles. The summed E-state index contributed by atoms with van der Waals surface area (Å²) in [6.07, 6.45) is 0.711. The van der Waals surface area contributed by atoms with Gasteiger partial charge in [-0.1, -0.05) is 35.5 Å². The fourth-order valence-corrected chi connectivity index (χ4v) is 2.37. The lowest BCUT2D eigenvalue weighted by Crippen LogP contribution is -2.42. The second kappa shape index (κ2) is 6.15. The highest BCUT2D eigenvalue weighted by Crippen LogP contribution is 2.12. The van der Waals surface area contributed by atoms with Crippen molar-refractivity contribution in [2.45, 2.75) is 25.9 Å². The van der Waals surface area contributed by atoms with Crippen LogP contribution in [-0.4, -0.2) is 40.8 Å². The predicted octanol–water partition coefficient (Wildman–Crippen LogP) is 1.88. The van der Waals surface area contributed by atoms with Crippen LogP contribution in [0.2, 0.25) is 0 Å². The average Bonchev–Trinajstić information content (AvgIpc) is 2.90. The summed E-state index contributed by atoms with van der Waals surface area (Å²) in [5.41, 5.74) is 1.19. The number of rotatable bonds is 4. The van der Waals surface area contributed by atoms with Gasteiger partial charge in [0.2, 0.25) is 5.89 Å². The number of ether oxygens (including phenoxy) is 1. The largest absolute Gasteiger partial charge is 0.379 e. The highest BCUT2D eigenvalue weighted by molar-refractivity contribution is 5.18. The van der Waals surface area contributed by atoms with E-state index in [1.807, 2.05) is 18.2 Å². The van der Waals surface area contributed by atoms with Crippen LogP contribution in [0.5, 0.6) is 0 Å². The Morgan fingerprint density at radius 1 is 1.30 bits per heavy atom. The third-order valence-electron chi connectivity index (χ3n) is 3.56. The minimum atomic E-state index is 0.397. The summed E-state index contributed by atoms with van der Waals surface area (Å²) < 4.78 is 10.8. The molecule has 0 bridgehead atoms. The second-order valence-electron chi connectivity index (χ2n) is 5.16. The van der Waals surface area contributed by atoms with E-state index in [4.69, 9.17) is 9.26 Å². The van der Waals surface area contributed by atoms with E-state index in [2.05, 4.69) is 34.1 Å². The van der Waals surface area contributed by atoms with Gasteiger partial charge in [0.1, 0.15) is 0 Å². The lowest BCUT2D eigenvalue weighted by atomic mass is 10.1. The van der Waals surface area contributed by atoms with Gasteiger partial charge in [0.05, 0.1) is 19.8 Å². The van der Waals surface area contributed by atoms with Crippen molar-refractivity contribution in [1.29, 1.82) is 0 Å². The maximum atomic E-state index is 5.43. The molecular weight excluding hydrogens is 254 g/mol. The molecule has 0 spiro atoms. The molecule has 2 heterocycles. The van der Waals surface area contributed by atoms with Crippen LogP contribution in [0, 0.1) is 0 Å². The molecule has 1 aliphatic rings. The number of benzene rings is 1. The summed E-state index contributed by atoms with van der Waals surface area (Å²) in [6.45, 7) is 5.31. The summed E-state index contributed by atoms with van der Waals surface area (Å²) in [4.78, 5) is 6.78. The molecule has 0 N–H and O–H groups in total. The van der Waals surface area contributed by atoms with E-state index in [9.17, 15) is 0 Å². The Labute approximate surface area is 118 Å². The van der Waals surface area contributed by atoms with E-state index in [0.29, 0.717) is 24.9 Å². The molecule has 5 heteroatoms. The Balaban J connectivity index is 1.62. The maximum absolute atomic E-state index is 5.43. The Hall–Kier alpha value is -1.72. The van der Waals surface area contributed by atoms with Gasteiger partial charge in [0, 0.05) is 19.0 Å². The predicted molar refractivity (Wildman–Crippen MR) is 74.2 cm³/mol. The fourth-order valence-electron chi connectivity index (χ4n) is 2.37. The van der Waals surface area contributed by atoms with Gasteiger partial charge in [0.15, 0.2) is 5.82 Å². The maximum Gasteiger partial charge on any atom is 0.240 e. The van der Waals surface area contributed by atoms with Crippen molar-refractivity contribution < 1.29 is 9.26 Å². The summed E-state index contributed by atoms with van der Waals surface area (Å²) in [5, 5.41) is 4.06. The lowest BCUT2D eigenvalue weighted by Gasteiger charge is -2.31. The molecule has 0 amide bonds. The van der Waals surface area contributed by atoms with Gasteiger partial charge in [0.25, 0.3) is 0 Å². The minimum Gasteiger partial charge on any atom is -0.379 e. The van der Waals surface area contributed by atoms with Crippen LogP contribution in [0.4, 0.5) is 0 Å². The van der Waals surface area contributed by atoms with E-state index in [1.54, 1.807) is 0 Å². The molecule has 1 aromatic heterocycles. The van der Waals surface area contributed by atoms with Crippen molar-refractivity contribution in [3.63, 3.8) is 0 Å². The summed E-state index contributed by atoms with van der Waals surface area (Å²) in [5.74, 6) is 1.43. The SMILES string of the molecule is C[C@@H]1COCCN1Cc1nc(Cc2ccccc2)no1. The standard InChI is InChI=1S/C15H19N3O2/c1-12-11-19-8-7-18(12)10-15-16-14(17-20-15)9-13-5-3-2-4-6-13/h2-6,12H,7-11H2,1H3/t12-/m1/s1. The molecular formula is C15H19N3O2. The van der Waals surface area contributed by atoms with Crippen LogP contribution < -0.4 is 0 Å². The summed E-state index contributed by atoms with van der Waals surface area (Å²) >= 11 is 0. The van der Waals surface area contributed by atoms with Crippen molar-refractivity contribution in [1.82, 2.24) is 15.0 Å². The molecule has 106 valence electrons. The molecule has 0 aliphatic carbocycles. The number of hydrogen-bond acceptors (Lipinski definition) is 5. The summed E-state index contributed by atoms with van der Waals surface area (Å²) in [7, 11) is 0. The molecule has 1 atom stereocenters. The molecule has 0 unspecified atom stereocenters. The highest BCUT2D eigenvalue weighted by Gasteiger charge is 2.21. The van der Waals surface area contributed by atoms with Crippen molar-refractivity contribution in [3.05, 3.63) is 47.6 Å². The first-order valence-corrected chi connectivity index (χ1v) is 6.98. The topological polar surface area (TPSA) is 51.4 Å². The molecule has 20 heavy (non-hydrogen) atoms. The van der Waals surface area contributed by atoms with Crippen LogP contribution in [-0.2, 0) is 17.7 Å². The van der Waals surface area contributed by atoms with Crippen LogP contribution in [0.1, 0.15) is 24.2 Å². The smallest absolute Gasteiger partial charge is 0.240 e. The molecule has 1 aliphatic heterocycles. The first-order chi connectivity index (χ1) is 9.81. The van der Waals surface area contributed by atoms with Gasteiger partial charge in [-0.05, 0) is 12.5 Å². The number of hydrogen-bond donors (Lipinski definition) is 0. The van der Waals surface area contributed by atoms with Crippen LogP contribution >= 0.6 is 0 Å². The van der Waals surface area contributed by atoms with Crippen molar-refractivity contribution in [2.75, 3.05) is 19.8 Å². The highest BCUT2D eigenvalue weighted by atomic mass is 16.5. The zero-order chi connectivity index (χ0) is 13.8. The molecule has 1 fully saturated rings. The van der Waals surface area contributed by atoms with Gasteiger partial charge in [-0.15, -0.1) is 0 Å². The number of nitrogens with zero attached hydrogens (tertiary/aromatic N) is 3. The van der Waals surface area contributed by atoms with E-state index >= 15 is 0 Å². The summed E-state index contributed by atoms with van der Waals surface area (Å²) in [6, 6.07) is 10.6. The Morgan fingerprint density at radius 3 is 2.95 bits per heavy atom. The van der Waals surface area contributed by atoms with E-state index in [-0.39, 0.29) is 0 Å². The zero-order valence-corrected chi connectivity index (χ0v) is 11.7. The molecule has 0 radical (unpaired) electrons. The van der Waals surface area contributed by atoms with Gasteiger partial charge < -0.3 is 9.26 Å². The van der Waals surface area contributed by atoms with E-state index in [1.165, 1.54) is 5.56 Å². The Morgan fingerprint density at radius 2 is 2.15 bits per heavy atom. The van der Waals surface area contributed by atoms with Crippen molar-refractivity contribution in [2.24, 2.45) is 0 Å². The van der Waals surface area contributed by atoms with Gasteiger partial charge in [-0.25, -0.2) is 0 Å². The quantitative estimate of drug-likeness (QED) is 0.851. The molecule has 3 rings (SSSR count). The number of morpholine rings is 1. The van der Waals surface area contributed by atoms with Gasteiger partial charge >= 0.3 is 0 Å². The fraction of sp³-hybridized carbons (Fsp3) is 0.467. The normalized spacial score (nSPS) is 20.1. The van der Waals surface area contributed by atoms with Crippen LogP contribution in [0.15, 0.2) is 34.9 Å². The Kier molecular flexibility index (Phi) is 4.08. The average molecular weight is 273 g/mol. The van der Waals surface area contributed by atoms with Gasteiger partial charge in [-0.3, -0.25) is 4.90 Å². The Bertz CT molecular complexity index is 541. The van der Waals surface area contributed by atoms with Gasteiger partial charge in [-0.2, -0.15) is 4.98 Å². The molecule has 5 nitrogen and oxygen atoms in total. The van der Waals surface area contributed by atoms with Crippen LogP contribution in [0.25, 0.3) is 0 Å². The lowest BCUT2D eigenvalue weighted by molar-refractivity contribution is -0.00852. The van der Waals surface area contributed by atoms with Crippen molar-refractivity contribution >= 4 is 0 Å². The first-order valence-electron chi connectivity index (χ1n) is 6.98. The van der Waals surface area contributed by atoms with Crippen LogP contribution in [0.3, 0.4) is 0 Å². The third-order valence-corrected chi connectivity index (χ3v) is 3.56. The first kappa shape index (κ1) is 13.3. The second-order valence-corrected chi connectivity index (χ2v) is 5.16. The molecule has 2 aromatic rings. The van der Waals surface area contributed by atoms with Crippen molar-refractivity contribution in [3.8, 4) is 0 Å². The molecule has 0 saturated carbocycles. The molecule has 1 saturated heterocycles.